The molecule has 110 valence electrons. The first-order chi connectivity index (χ1) is 10.1. The van der Waals surface area contributed by atoms with Crippen LogP contribution < -0.4 is 5.32 Å². The number of thiophene rings is 1. The van der Waals surface area contributed by atoms with Crippen LogP contribution in [0.4, 0.5) is 10.7 Å². The van der Waals surface area contributed by atoms with Gasteiger partial charge in [0.2, 0.25) is 0 Å². The fourth-order valence-corrected chi connectivity index (χ4v) is 2.81. The maximum Gasteiger partial charge on any atom is 0.324 e. The van der Waals surface area contributed by atoms with E-state index in [2.05, 4.69) is 21.2 Å². The van der Waals surface area contributed by atoms with Crippen molar-refractivity contribution < 1.29 is 9.72 Å². The van der Waals surface area contributed by atoms with E-state index in [9.17, 15) is 14.9 Å². The smallest absolute Gasteiger partial charge is 0.321 e. The number of halogens is 1. The zero-order valence-corrected chi connectivity index (χ0v) is 13.4. The molecule has 7 heteroatoms. The number of nitrogens with zero attached hydrogens (tertiary/aromatic N) is 1. The van der Waals surface area contributed by atoms with Gasteiger partial charge in [0.25, 0.3) is 5.91 Å². The Morgan fingerprint density at radius 3 is 2.81 bits per heavy atom. The predicted octanol–water partition coefficient (Wildman–Crippen LogP) is 4.24. The van der Waals surface area contributed by atoms with Crippen molar-refractivity contribution >= 4 is 43.9 Å². The van der Waals surface area contributed by atoms with Crippen molar-refractivity contribution in [3.63, 3.8) is 0 Å². The summed E-state index contributed by atoms with van der Waals surface area (Å²) in [6.07, 6.45) is 1.95. The van der Waals surface area contributed by atoms with E-state index >= 15 is 0 Å². The fourth-order valence-electron chi connectivity index (χ4n) is 1.82. The summed E-state index contributed by atoms with van der Waals surface area (Å²) in [5.41, 5.74) is 1.84. The second-order valence-corrected chi connectivity index (χ2v) is 6.20. The van der Waals surface area contributed by atoms with Crippen LogP contribution >= 0.6 is 27.3 Å². The summed E-state index contributed by atoms with van der Waals surface area (Å²) in [7, 11) is 0. The molecular weight excluding hydrogens is 356 g/mol. The number of rotatable bonds is 6. The van der Waals surface area contributed by atoms with E-state index in [4.69, 9.17) is 0 Å². The quantitative estimate of drug-likeness (QED) is 0.470. The van der Waals surface area contributed by atoms with Gasteiger partial charge in [-0.1, -0.05) is 39.4 Å². The molecule has 0 saturated carbocycles. The van der Waals surface area contributed by atoms with Gasteiger partial charge in [-0.25, -0.2) is 0 Å². The van der Waals surface area contributed by atoms with Crippen LogP contribution in [0.15, 0.2) is 36.4 Å². The van der Waals surface area contributed by atoms with Gasteiger partial charge in [-0.3, -0.25) is 14.9 Å². The molecule has 0 aliphatic rings. The highest BCUT2D eigenvalue weighted by molar-refractivity contribution is 9.09. The van der Waals surface area contributed by atoms with Crippen LogP contribution in [0, 0.1) is 10.1 Å². The van der Waals surface area contributed by atoms with Crippen LogP contribution in [0.5, 0.6) is 0 Å². The Hall–Kier alpha value is -1.73. The maximum atomic E-state index is 12.0. The normalized spacial score (nSPS) is 10.3. The molecule has 0 atom stereocenters. The lowest BCUT2D eigenvalue weighted by Crippen LogP contribution is -2.10. The Labute approximate surface area is 134 Å². The lowest BCUT2D eigenvalue weighted by atomic mass is 10.1. The molecule has 0 radical (unpaired) electrons. The Balaban J connectivity index is 2.06. The minimum Gasteiger partial charge on any atom is -0.321 e. The summed E-state index contributed by atoms with van der Waals surface area (Å²) >= 11 is 4.26. The summed E-state index contributed by atoms with van der Waals surface area (Å²) in [6, 6.07) is 10.4. The van der Waals surface area contributed by atoms with Gasteiger partial charge in [-0.2, -0.15) is 0 Å². The largest absolute Gasteiger partial charge is 0.324 e. The van der Waals surface area contributed by atoms with Gasteiger partial charge in [-0.05, 0) is 36.6 Å². The van der Waals surface area contributed by atoms with Crippen LogP contribution in [0.2, 0.25) is 0 Å². The van der Waals surface area contributed by atoms with Gasteiger partial charge in [-0.15, -0.1) is 0 Å². The maximum absolute atomic E-state index is 12.0. The molecule has 0 aliphatic carbocycles. The molecule has 2 aromatic rings. The SMILES string of the molecule is O=C(Nc1cccc(CCCBr)c1)c1ccc([N+](=O)[O-])s1. The van der Waals surface area contributed by atoms with E-state index < -0.39 is 4.92 Å². The average Bonchev–Trinajstić information content (AvgIpc) is 2.95. The molecule has 0 aliphatic heterocycles. The monoisotopic (exact) mass is 368 g/mol. The van der Waals surface area contributed by atoms with Crippen molar-refractivity contribution in [2.45, 2.75) is 12.8 Å². The zero-order chi connectivity index (χ0) is 15.2. The van der Waals surface area contributed by atoms with Gasteiger partial charge in [0.05, 0.1) is 9.80 Å². The highest BCUT2D eigenvalue weighted by atomic mass is 79.9. The number of nitrogens with one attached hydrogen (secondary N) is 1. The lowest BCUT2D eigenvalue weighted by Gasteiger charge is -2.06. The number of anilines is 1. The van der Waals surface area contributed by atoms with Gasteiger partial charge in [0.1, 0.15) is 0 Å². The Morgan fingerprint density at radius 1 is 1.33 bits per heavy atom. The van der Waals surface area contributed by atoms with Crippen molar-refractivity contribution in [3.8, 4) is 0 Å². The summed E-state index contributed by atoms with van der Waals surface area (Å²) in [5, 5.41) is 14.3. The molecule has 0 unspecified atom stereocenters. The molecule has 1 aromatic heterocycles. The fraction of sp³-hybridized carbons (Fsp3) is 0.214. The van der Waals surface area contributed by atoms with Crippen LogP contribution in [-0.4, -0.2) is 16.2 Å². The molecule has 1 amide bonds. The van der Waals surface area contributed by atoms with Gasteiger partial charge in [0, 0.05) is 17.1 Å². The third-order valence-corrected chi connectivity index (χ3v) is 4.38. The zero-order valence-electron chi connectivity index (χ0n) is 11.0. The second-order valence-electron chi connectivity index (χ2n) is 4.34. The summed E-state index contributed by atoms with van der Waals surface area (Å²) in [4.78, 5) is 22.5. The van der Waals surface area contributed by atoms with E-state index in [-0.39, 0.29) is 10.9 Å². The number of aryl methyl sites for hydroxylation is 1. The van der Waals surface area contributed by atoms with Crippen LogP contribution in [0.1, 0.15) is 21.7 Å². The molecule has 0 spiro atoms. The molecule has 5 nitrogen and oxygen atoms in total. The van der Waals surface area contributed by atoms with Crippen molar-refractivity contribution in [1.82, 2.24) is 0 Å². The standard InChI is InChI=1S/C14H13BrN2O3S/c15-8-2-4-10-3-1-5-11(9-10)16-14(18)12-6-7-13(21-12)17(19)20/h1,3,5-7,9H,2,4,8H2,(H,16,18). The summed E-state index contributed by atoms with van der Waals surface area (Å²) in [6.45, 7) is 0. The van der Waals surface area contributed by atoms with E-state index in [1.807, 2.05) is 18.2 Å². The van der Waals surface area contributed by atoms with E-state index in [1.165, 1.54) is 12.1 Å². The second kappa shape index (κ2) is 7.33. The first-order valence-corrected chi connectivity index (χ1v) is 8.24. The highest BCUT2D eigenvalue weighted by Gasteiger charge is 2.15. The number of alkyl halides is 1. The molecule has 0 fully saturated rings. The highest BCUT2D eigenvalue weighted by Crippen LogP contribution is 2.25. The average molecular weight is 369 g/mol. The Morgan fingerprint density at radius 2 is 2.14 bits per heavy atom. The third kappa shape index (κ3) is 4.37. The van der Waals surface area contributed by atoms with E-state index in [0.717, 1.165) is 35.1 Å². The van der Waals surface area contributed by atoms with Crippen molar-refractivity contribution in [3.05, 3.63) is 57.0 Å². The van der Waals surface area contributed by atoms with Crippen molar-refractivity contribution in [2.75, 3.05) is 10.6 Å². The molecular formula is C14H13BrN2O3S. The molecule has 1 N–H and O–H groups in total. The van der Waals surface area contributed by atoms with Crippen molar-refractivity contribution in [2.24, 2.45) is 0 Å². The first kappa shape index (κ1) is 15.7. The number of hydrogen-bond acceptors (Lipinski definition) is 4. The van der Waals surface area contributed by atoms with Gasteiger partial charge >= 0.3 is 5.00 Å². The first-order valence-electron chi connectivity index (χ1n) is 6.30. The van der Waals surface area contributed by atoms with Gasteiger partial charge < -0.3 is 5.32 Å². The van der Waals surface area contributed by atoms with Crippen LogP contribution in [0.3, 0.4) is 0 Å². The summed E-state index contributed by atoms with van der Waals surface area (Å²) in [5.74, 6) is -0.328. The Kier molecular flexibility index (Phi) is 5.46. The minimum atomic E-state index is -0.498. The number of carbonyl (C=O) groups excluding carboxylic acids is 1. The third-order valence-electron chi connectivity index (χ3n) is 2.78. The van der Waals surface area contributed by atoms with E-state index in [1.54, 1.807) is 6.07 Å². The van der Waals surface area contributed by atoms with Crippen molar-refractivity contribution in [1.29, 1.82) is 0 Å². The van der Waals surface area contributed by atoms with Crippen LogP contribution in [0.25, 0.3) is 0 Å². The molecule has 21 heavy (non-hydrogen) atoms. The lowest BCUT2D eigenvalue weighted by molar-refractivity contribution is -0.380. The topological polar surface area (TPSA) is 72.2 Å². The molecule has 0 bridgehead atoms. The number of amides is 1. The molecule has 1 heterocycles. The molecule has 0 saturated heterocycles. The van der Waals surface area contributed by atoms with E-state index in [0.29, 0.717) is 10.6 Å². The Bertz CT molecular complexity index is 657. The molecule has 2 rings (SSSR count). The number of carbonyl (C=O) groups is 1. The van der Waals surface area contributed by atoms with Gasteiger partial charge in [0.15, 0.2) is 0 Å². The minimum absolute atomic E-state index is 0.0359. The number of nitro groups is 1. The predicted molar refractivity (Wildman–Crippen MR) is 87.5 cm³/mol. The van der Waals surface area contributed by atoms with Crippen LogP contribution in [-0.2, 0) is 6.42 Å². The summed E-state index contributed by atoms with van der Waals surface area (Å²) < 4.78 is 0. The number of hydrogen-bond donors (Lipinski definition) is 1. The molecule has 1 aromatic carbocycles. The number of benzene rings is 1.